The van der Waals surface area contributed by atoms with Crippen LogP contribution in [0.15, 0.2) is 4.99 Å². The SMILES string of the molecule is O=CCNC1=NCCC1. The van der Waals surface area contributed by atoms with E-state index in [2.05, 4.69) is 10.3 Å². The third-order valence-electron chi connectivity index (χ3n) is 1.26. The normalized spacial score (nSPS) is 17.1. The first kappa shape index (κ1) is 6.26. The Kier molecular flexibility index (Phi) is 2.24. The van der Waals surface area contributed by atoms with Crippen molar-refractivity contribution in [1.82, 2.24) is 5.32 Å². The molecule has 0 aliphatic carbocycles. The first-order chi connectivity index (χ1) is 4.43. The minimum atomic E-state index is 0.402. The predicted octanol–water partition coefficient (Wildman–Crippen LogP) is -0.0328. The van der Waals surface area contributed by atoms with Gasteiger partial charge in [0.05, 0.1) is 12.4 Å². The van der Waals surface area contributed by atoms with Crippen molar-refractivity contribution in [2.24, 2.45) is 4.99 Å². The molecular weight excluding hydrogens is 116 g/mol. The third kappa shape index (κ3) is 1.83. The molecule has 0 saturated heterocycles. The lowest BCUT2D eigenvalue weighted by Gasteiger charge is -1.97. The predicted molar refractivity (Wildman–Crippen MR) is 35.6 cm³/mol. The van der Waals surface area contributed by atoms with E-state index in [1.165, 1.54) is 0 Å². The largest absolute Gasteiger partial charge is 0.367 e. The van der Waals surface area contributed by atoms with Crippen molar-refractivity contribution in [3.63, 3.8) is 0 Å². The topological polar surface area (TPSA) is 41.5 Å². The van der Waals surface area contributed by atoms with Crippen LogP contribution in [-0.4, -0.2) is 25.2 Å². The Hall–Kier alpha value is -0.860. The Balaban J connectivity index is 2.18. The highest BCUT2D eigenvalue weighted by atomic mass is 16.1. The van der Waals surface area contributed by atoms with Crippen LogP contribution < -0.4 is 5.32 Å². The maximum absolute atomic E-state index is 9.84. The molecule has 1 aliphatic heterocycles. The Morgan fingerprint density at radius 3 is 3.22 bits per heavy atom. The zero-order valence-electron chi connectivity index (χ0n) is 5.26. The van der Waals surface area contributed by atoms with Crippen LogP contribution in [0.1, 0.15) is 12.8 Å². The van der Waals surface area contributed by atoms with Crippen molar-refractivity contribution in [1.29, 1.82) is 0 Å². The van der Waals surface area contributed by atoms with Crippen LogP contribution in [0.25, 0.3) is 0 Å². The summed E-state index contributed by atoms with van der Waals surface area (Å²) in [7, 11) is 0. The fraction of sp³-hybridized carbons (Fsp3) is 0.667. The molecule has 0 aromatic carbocycles. The monoisotopic (exact) mass is 126 g/mol. The number of aliphatic imine (C=N–C) groups is 1. The number of carbonyl (C=O) groups is 1. The van der Waals surface area contributed by atoms with E-state index in [0.717, 1.165) is 31.5 Å². The van der Waals surface area contributed by atoms with Crippen molar-refractivity contribution in [2.45, 2.75) is 12.8 Å². The second kappa shape index (κ2) is 3.22. The molecule has 1 rings (SSSR count). The summed E-state index contributed by atoms with van der Waals surface area (Å²) in [6, 6.07) is 0. The van der Waals surface area contributed by atoms with E-state index in [9.17, 15) is 4.79 Å². The number of rotatable bonds is 2. The molecule has 1 heterocycles. The molecule has 9 heavy (non-hydrogen) atoms. The molecule has 1 N–H and O–H groups in total. The van der Waals surface area contributed by atoms with Crippen LogP contribution >= 0.6 is 0 Å². The van der Waals surface area contributed by atoms with E-state index in [-0.39, 0.29) is 0 Å². The lowest BCUT2D eigenvalue weighted by Crippen LogP contribution is -2.22. The highest BCUT2D eigenvalue weighted by Crippen LogP contribution is 1.99. The molecule has 0 bridgehead atoms. The zero-order chi connectivity index (χ0) is 6.53. The first-order valence-corrected chi connectivity index (χ1v) is 3.14. The molecule has 0 fully saturated rings. The summed E-state index contributed by atoms with van der Waals surface area (Å²) in [6.07, 6.45) is 2.98. The summed E-state index contributed by atoms with van der Waals surface area (Å²) < 4.78 is 0. The standard InChI is InChI=1S/C6H10N2O/c9-5-4-8-6-2-1-3-7-6/h5H,1-4H2,(H,7,8). The smallest absolute Gasteiger partial charge is 0.139 e. The van der Waals surface area contributed by atoms with Crippen LogP contribution in [0.4, 0.5) is 0 Å². The van der Waals surface area contributed by atoms with Crippen molar-refractivity contribution in [2.75, 3.05) is 13.1 Å². The Morgan fingerprint density at radius 2 is 2.67 bits per heavy atom. The van der Waals surface area contributed by atoms with Crippen LogP contribution in [0.5, 0.6) is 0 Å². The van der Waals surface area contributed by atoms with Gasteiger partial charge >= 0.3 is 0 Å². The van der Waals surface area contributed by atoms with E-state index < -0.39 is 0 Å². The molecule has 3 heteroatoms. The van der Waals surface area contributed by atoms with E-state index in [1.807, 2.05) is 0 Å². The Morgan fingerprint density at radius 1 is 1.78 bits per heavy atom. The maximum atomic E-state index is 9.84. The summed E-state index contributed by atoms with van der Waals surface area (Å²) in [5.74, 6) is 0.988. The lowest BCUT2D eigenvalue weighted by atomic mass is 10.3. The van der Waals surface area contributed by atoms with E-state index in [1.54, 1.807) is 0 Å². The highest BCUT2D eigenvalue weighted by Gasteiger charge is 2.02. The summed E-state index contributed by atoms with van der Waals surface area (Å²) in [5.41, 5.74) is 0. The molecular formula is C6H10N2O. The van der Waals surface area contributed by atoms with Crippen molar-refractivity contribution < 1.29 is 4.79 Å². The Labute approximate surface area is 54.2 Å². The number of hydrogen-bond acceptors (Lipinski definition) is 3. The first-order valence-electron chi connectivity index (χ1n) is 3.14. The Bertz CT molecular complexity index is 131. The molecule has 1 aliphatic rings. The van der Waals surface area contributed by atoms with Gasteiger partial charge in [0, 0.05) is 13.0 Å². The van der Waals surface area contributed by atoms with Crippen LogP contribution in [-0.2, 0) is 4.79 Å². The zero-order valence-corrected chi connectivity index (χ0v) is 5.26. The average molecular weight is 126 g/mol. The van der Waals surface area contributed by atoms with Gasteiger partial charge in [-0.15, -0.1) is 0 Å². The fourth-order valence-electron chi connectivity index (χ4n) is 0.843. The van der Waals surface area contributed by atoms with Crippen molar-refractivity contribution >= 4 is 12.1 Å². The number of nitrogens with zero attached hydrogens (tertiary/aromatic N) is 1. The second-order valence-corrected chi connectivity index (χ2v) is 1.98. The number of amidine groups is 1. The van der Waals surface area contributed by atoms with Crippen molar-refractivity contribution in [3.8, 4) is 0 Å². The number of carbonyl (C=O) groups excluding carboxylic acids is 1. The minimum Gasteiger partial charge on any atom is -0.367 e. The quantitative estimate of drug-likeness (QED) is 0.528. The third-order valence-corrected chi connectivity index (χ3v) is 1.26. The maximum Gasteiger partial charge on any atom is 0.139 e. The van der Waals surface area contributed by atoms with E-state index in [4.69, 9.17) is 0 Å². The molecule has 50 valence electrons. The van der Waals surface area contributed by atoms with Gasteiger partial charge in [-0.1, -0.05) is 0 Å². The van der Waals surface area contributed by atoms with Gasteiger partial charge in [0.1, 0.15) is 6.29 Å². The molecule has 0 atom stereocenters. The second-order valence-electron chi connectivity index (χ2n) is 1.98. The number of aldehydes is 1. The van der Waals surface area contributed by atoms with Gasteiger partial charge in [-0.25, -0.2) is 0 Å². The number of hydrogen-bond donors (Lipinski definition) is 1. The van der Waals surface area contributed by atoms with Crippen LogP contribution in [0.2, 0.25) is 0 Å². The molecule has 0 aromatic heterocycles. The molecule has 0 amide bonds. The summed E-state index contributed by atoms with van der Waals surface area (Å²) in [4.78, 5) is 14.0. The average Bonchev–Trinajstić information content (AvgIpc) is 2.34. The summed E-state index contributed by atoms with van der Waals surface area (Å²) in [5, 5.41) is 2.91. The highest BCUT2D eigenvalue weighted by molar-refractivity contribution is 5.85. The molecule has 0 unspecified atom stereocenters. The van der Waals surface area contributed by atoms with E-state index in [0.29, 0.717) is 6.54 Å². The fourth-order valence-corrected chi connectivity index (χ4v) is 0.843. The molecule has 0 spiro atoms. The lowest BCUT2D eigenvalue weighted by molar-refractivity contribution is -0.106. The van der Waals surface area contributed by atoms with Crippen LogP contribution in [0, 0.1) is 0 Å². The van der Waals surface area contributed by atoms with Gasteiger partial charge in [0.15, 0.2) is 0 Å². The van der Waals surface area contributed by atoms with Gasteiger partial charge in [0.25, 0.3) is 0 Å². The molecule has 3 nitrogen and oxygen atoms in total. The molecule has 0 aromatic rings. The summed E-state index contributed by atoms with van der Waals surface area (Å²) >= 11 is 0. The van der Waals surface area contributed by atoms with Gasteiger partial charge in [0.2, 0.25) is 0 Å². The molecule has 0 saturated carbocycles. The van der Waals surface area contributed by atoms with Gasteiger partial charge in [-0.2, -0.15) is 0 Å². The summed E-state index contributed by atoms with van der Waals surface area (Å²) in [6.45, 7) is 1.32. The van der Waals surface area contributed by atoms with Gasteiger partial charge in [-0.3, -0.25) is 4.99 Å². The van der Waals surface area contributed by atoms with E-state index >= 15 is 0 Å². The number of nitrogens with one attached hydrogen (secondary N) is 1. The van der Waals surface area contributed by atoms with Gasteiger partial charge in [-0.05, 0) is 6.42 Å². The van der Waals surface area contributed by atoms with Crippen LogP contribution in [0.3, 0.4) is 0 Å². The van der Waals surface area contributed by atoms with Gasteiger partial charge < -0.3 is 10.1 Å². The minimum absolute atomic E-state index is 0.402. The molecule has 0 radical (unpaired) electrons. The van der Waals surface area contributed by atoms with Crippen molar-refractivity contribution in [3.05, 3.63) is 0 Å².